The Morgan fingerprint density at radius 3 is 2.68 bits per heavy atom. The summed E-state index contributed by atoms with van der Waals surface area (Å²) < 4.78 is 7.75. The largest absolute Gasteiger partial charge is 0.388 e. The molecule has 138 valence electrons. The lowest BCUT2D eigenvalue weighted by molar-refractivity contribution is -0.0366. The first-order chi connectivity index (χ1) is 11.6. The number of aliphatic hydroxyl groups excluding tert-OH is 2. The van der Waals surface area contributed by atoms with Gasteiger partial charge in [-0.1, -0.05) is 0 Å². The van der Waals surface area contributed by atoms with E-state index >= 15 is 0 Å². The number of aromatic amines is 1. The molecule has 2 aromatic rings. The minimum atomic E-state index is -1.26. The fraction of sp³-hybridized carbons (Fsp3) is 0.600. The van der Waals surface area contributed by atoms with E-state index in [1.165, 1.54) is 4.57 Å². The lowest BCUT2D eigenvalue weighted by Gasteiger charge is -2.19. The standard InChI is InChI=1S/C15H22BrN4O4P/c1-7-17-12-9(13(23)18-7)19-15(16)20(12)14-11(22)10(21)8(24-14)5-6-25(2,3)4/h8,10-11,14,21-22H,2,5-6H2,1,3-4H3,(H,17,18,23)/t8?,10-,11-,14-/m1/s1. The van der Waals surface area contributed by atoms with Gasteiger partial charge < -0.3 is 19.9 Å². The van der Waals surface area contributed by atoms with E-state index < -0.39 is 31.4 Å². The average Bonchev–Trinajstić information content (AvgIpc) is 2.95. The maximum Gasteiger partial charge on any atom is 0.279 e. The van der Waals surface area contributed by atoms with Gasteiger partial charge in [-0.3, -0.25) is 9.36 Å². The predicted octanol–water partition coefficient (Wildman–Crippen LogP) is 0.909. The van der Waals surface area contributed by atoms with Crippen LogP contribution in [0.2, 0.25) is 0 Å². The van der Waals surface area contributed by atoms with Gasteiger partial charge in [-0.2, -0.15) is 0 Å². The van der Waals surface area contributed by atoms with Crippen molar-refractivity contribution in [3.05, 3.63) is 20.9 Å². The molecular weight excluding hydrogens is 411 g/mol. The molecule has 0 spiro atoms. The molecule has 1 aliphatic heterocycles. The number of nitrogens with one attached hydrogen (secondary N) is 1. The van der Waals surface area contributed by atoms with Gasteiger partial charge in [0, 0.05) is 0 Å². The summed E-state index contributed by atoms with van der Waals surface area (Å²) in [6.07, 6.45) is 2.06. The molecule has 3 rings (SSSR count). The second-order valence-electron chi connectivity index (χ2n) is 7.07. The van der Waals surface area contributed by atoms with Crippen LogP contribution in [0.4, 0.5) is 0 Å². The van der Waals surface area contributed by atoms with Crippen molar-refractivity contribution >= 4 is 40.3 Å². The highest BCUT2D eigenvalue weighted by molar-refractivity contribution is 9.10. The van der Waals surface area contributed by atoms with Gasteiger partial charge in [-0.15, -0.1) is 13.2 Å². The molecule has 3 heterocycles. The Labute approximate surface area is 153 Å². The fourth-order valence-corrected chi connectivity index (χ4v) is 4.45. The summed E-state index contributed by atoms with van der Waals surface area (Å²) in [5, 5.41) is 20.9. The summed E-state index contributed by atoms with van der Waals surface area (Å²) in [6, 6.07) is 0. The van der Waals surface area contributed by atoms with Gasteiger partial charge in [0.2, 0.25) is 0 Å². The van der Waals surface area contributed by atoms with E-state index in [1.807, 2.05) is 0 Å². The molecule has 0 aliphatic carbocycles. The second kappa shape index (κ2) is 6.63. The molecule has 0 amide bonds. The number of halogens is 1. The first-order valence-electron chi connectivity index (χ1n) is 7.92. The highest BCUT2D eigenvalue weighted by Crippen LogP contribution is 2.40. The fourth-order valence-electron chi connectivity index (χ4n) is 2.95. The number of aryl methyl sites for hydroxylation is 1. The molecule has 10 heteroatoms. The van der Waals surface area contributed by atoms with Crippen molar-refractivity contribution in [1.82, 2.24) is 19.5 Å². The number of imidazole rings is 1. The van der Waals surface area contributed by atoms with Crippen molar-refractivity contribution in [3.8, 4) is 0 Å². The van der Waals surface area contributed by atoms with Crippen LogP contribution in [0.3, 0.4) is 0 Å². The molecule has 1 unspecified atom stereocenters. The van der Waals surface area contributed by atoms with Crippen LogP contribution < -0.4 is 5.56 Å². The molecule has 1 fully saturated rings. The maximum absolute atomic E-state index is 12.1. The van der Waals surface area contributed by atoms with Crippen LogP contribution in [0, 0.1) is 6.92 Å². The number of H-pyrrole nitrogens is 1. The normalized spacial score (nSPS) is 27.3. The van der Waals surface area contributed by atoms with Crippen LogP contribution in [-0.2, 0) is 4.74 Å². The Hall–Kier alpha value is -0.990. The molecule has 3 N–H and O–H groups in total. The molecule has 1 aliphatic rings. The number of hydrogen-bond acceptors (Lipinski definition) is 6. The number of rotatable bonds is 4. The molecular formula is C15H22BrN4O4P. The Kier molecular flexibility index (Phi) is 4.98. The monoisotopic (exact) mass is 432 g/mol. The predicted molar refractivity (Wildman–Crippen MR) is 102 cm³/mol. The minimum absolute atomic E-state index is 0.149. The highest BCUT2D eigenvalue weighted by atomic mass is 79.9. The number of hydrogen-bond donors (Lipinski definition) is 3. The quantitative estimate of drug-likeness (QED) is 0.488. The number of aromatic nitrogens is 4. The van der Waals surface area contributed by atoms with Gasteiger partial charge in [-0.05, 0) is 48.8 Å². The molecule has 0 saturated carbocycles. The Morgan fingerprint density at radius 2 is 2.04 bits per heavy atom. The third-order valence-corrected chi connectivity index (χ3v) is 6.26. The summed E-state index contributed by atoms with van der Waals surface area (Å²) in [6.45, 7) is 4.62. The summed E-state index contributed by atoms with van der Waals surface area (Å²) >= 11 is 3.30. The number of fused-ring (bicyclic) bond motifs is 1. The van der Waals surface area contributed by atoms with Crippen LogP contribution in [-0.4, -0.2) is 73.8 Å². The second-order valence-corrected chi connectivity index (χ2v) is 12.1. The van der Waals surface area contributed by atoms with Crippen molar-refractivity contribution in [2.24, 2.45) is 0 Å². The Balaban J connectivity index is 1.97. The van der Waals surface area contributed by atoms with Crippen molar-refractivity contribution in [2.75, 3.05) is 19.5 Å². The van der Waals surface area contributed by atoms with Gasteiger partial charge >= 0.3 is 0 Å². The van der Waals surface area contributed by atoms with Gasteiger partial charge in [-0.25, -0.2) is 9.97 Å². The minimum Gasteiger partial charge on any atom is -0.388 e. The van der Waals surface area contributed by atoms with Gasteiger partial charge in [0.05, 0.1) is 6.10 Å². The molecule has 25 heavy (non-hydrogen) atoms. The van der Waals surface area contributed by atoms with Crippen LogP contribution in [0.1, 0.15) is 18.5 Å². The van der Waals surface area contributed by atoms with E-state index in [4.69, 9.17) is 4.74 Å². The van der Waals surface area contributed by atoms with E-state index in [-0.39, 0.29) is 11.1 Å². The van der Waals surface area contributed by atoms with Gasteiger partial charge in [0.15, 0.2) is 22.1 Å². The average molecular weight is 433 g/mol. The molecule has 0 bridgehead atoms. The van der Waals surface area contributed by atoms with Crippen molar-refractivity contribution < 1.29 is 14.9 Å². The summed E-state index contributed by atoms with van der Waals surface area (Å²) in [4.78, 5) is 23.1. The maximum atomic E-state index is 12.1. The van der Waals surface area contributed by atoms with Gasteiger partial charge in [0.25, 0.3) is 5.56 Å². The van der Waals surface area contributed by atoms with E-state index in [9.17, 15) is 15.0 Å². The summed E-state index contributed by atoms with van der Waals surface area (Å²) in [5.41, 5.74) is 0.0844. The van der Waals surface area contributed by atoms with E-state index in [1.54, 1.807) is 6.92 Å². The summed E-state index contributed by atoms with van der Waals surface area (Å²) in [5.74, 6) is 0.430. The van der Waals surface area contributed by atoms with Crippen LogP contribution in [0.5, 0.6) is 0 Å². The first-order valence-corrected chi connectivity index (χ1v) is 11.8. The molecule has 1 saturated heterocycles. The number of nitrogens with zero attached hydrogens (tertiary/aromatic N) is 3. The Morgan fingerprint density at radius 1 is 1.36 bits per heavy atom. The third-order valence-electron chi connectivity index (χ3n) is 4.24. The third kappa shape index (κ3) is 3.61. The molecule has 2 aromatic heterocycles. The highest BCUT2D eigenvalue weighted by Gasteiger charge is 2.44. The zero-order chi connectivity index (χ0) is 18.5. The van der Waals surface area contributed by atoms with Crippen LogP contribution in [0.25, 0.3) is 11.2 Å². The first kappa shape index (κ1) is 18.8. The smallest absolute Gasteiger partial charge is 0.279 e. The molecule has 8 nitrogen and oxygen atoms in total. The lowest BCUT2D eigenvalue weighted by atomic mass is 10.1. The number of aliphatic hydroxyl groups is 2. The topological polar surface area (TPSA) is 113 Å². The Bertz CT molecular complexity index is 905. The molecule has 0 radical (unpaired) electrons. The van der Waals surface area contributed by atoms with Crippen LogP contribution in [0.15, 0.2) is 9.53 Å². The van der Waals surface area contributed by atoms with Crippen molar-refractivity contribution in [3.63, 3.8) is 0 Å². The molecule has 4 atom stereocenters. The lowest BCUT2D eigenvalue weighted by Crippen LogP contribution is -2.32. The molecule has 0 aromatic carbocycles. The summed E-state index contributed by atoms with van der Waals surface area (Å²) in [7, 11) is 0. The van der Waals surface area contributed by atoms with Crippen molar-refractivity contribution in [2.45, 2.75) is 37.9 Å². The SMILES string of the molecule is C=P(C)(C)CCC1O[C@@H](n2c(Br)nc3c(=O)[nH]c(C)nc32)[C@H](O)[C@@H]1O. The van der Waals surface area contributed by atoms with Gasteiger partial charge in [0.1, 0.15) is 18.0 Å². The van der Waals surface area contributed by atoms with Crippen molar-refractivity contribution in [1.29, 1.82) is 0 Å². The van der Waals surface area contributed by atoms with E-state index in [2.05, 4.69) is 50.5 Å². The zero-order valence-corrected chi connectivity index (χ0v) is 16.8. The van der Waals surface area contributed by atoms with Crippen LogP contribution >= 0.6 is 22.8 Å². The number of ether oxygens (including phenoxy) is 1. The zero-order valence-electron chi connectivity index (χ0n) is 14.3. The van der Waals surface area contributed by atoms with E-state index in [0.717, 1.165) is 6.16 Å². The van der Waals surface area contributed by atoms with E-state index in [0.29, 0.717) is 22.6 Å².